The van der Waals surface area contributed by atoms with Gasteiger partial charge in [0.05, 0.1) is 4.92 Å². The van der Waals surface area contributed by atoms with Crippen molar-refractivity contribution < 1.29 is 10.3 Å². The fourth-order valence-corrected chi connectivity index (χ4v) is 0.679. The molecule has 0 saturated heterocycles. The van der Waals surface area contributed by atoms with Crippen LogP contribution in [0.5, 0.6) is 0 Å². The van der Waals surface area contributed by atoms with Crippen LogP contribution in [0.1, 0.15) is 5.56 Å². The fourth-order valence-electron chi connectivity index (χ4n) is 0.679. The predicted molar refractivity (Wildman–Crippen MR) is 39.1 cm³/mol. The molecule has 1 aromatic rings. The summed E-state index contributed by atoms with van der Waals surface area (Å²) in [4.78, 5) is 9.70. The zero-order valence-corrected chi connectivity index (χ0v) is 5.65. The molecule has 11 heavy (non-hydrogen) atoms. The Kier molecular flexibility index (Phi) is 1.96. The van der Waals surface area contributed by atoms with Crippen molar-refractivity contribution in [3.05, 3.63) is 39.9 Å². The van der Waals surface area contributed by atoms with Crippen molar-refractivity contribution in [2.24, 2.45) is 0 Å². The number of nitrogens with two attached hydrogens (primary N) is 1. The molecule has 0 aliphatic heterocycles. The zero-order chi connectivity index (χ0) is 8.27. The molecule has 4 heteroatoms. The fraction of sp³-hybridized carbons (Fsp3) is 0. The van der Waals surface area contributed by atoms with Gasteiger partial charge in [-0.3, -0.25) is 10.1 Å². The van der Waals surface area contributed by atoms with Crippen LogP contribution in [0, 0.1) is 10.1 Å². The van der Waals surface area contributed by atoms with Gasteiger partial charge in [-0.05, 0) is 12.1 Å². The van der Waals surface area contributed by atoms with Gasteiger partial charge in [0.2, 0.25) is 5.69 Å². The van der Waals surface area contributed by atoms with E-state index in [1.165, 1.54) is 24.3 Å². The third kappa shape index (κ3) is 1.61. The molecule has 1 rings (SSSR count). The third-order valence-corrected chi connectivity index (χ3v) is 1.24. The van der Waals surface area contributed by atoms with E-state index < -0.39 is 4.92 Å². The van der Waals surface area contributed by atoms with E-state index in [1.54, 1.807) is 0 Å². The summed E-state index contributed by atoms with van der Waals surface area (Å²) in [6, 6.07) is 5.85. The Morgan fingerprint density at radius 1 is 1.36 bits per heavy atom. The highest BCUT2D eigenvalue weighted by molar-refractivity contribution is 5.74. The van der Waals surface area contributed by atoms with Crippen molar-refractivity contribution in [2.45, 2.75) is 0 Å². The first kappa shape index (κ1) is 7.40. The van der Waals surface area contributed by atoms with Crippen LogP contribution in [0.2, 0.25) is 0 Å². The van der Waals surface area contributed by atoms with Crippen LogP contribution in [0.25, 0.3) is 0 Å². The Morgan fingerprint density at radius 3 is 2.27 bits per heavy atom. The average molecular weight is 150 g/mol. The van der Waals surface area contributed by atoms with E-state index >= 15 is 0 Å². The normalized spacial score (nSPS) is 9.09. The maximum absolute atomic E-state index is 10.2. The number of nitrogens with zero attached hydrogens (tertiary/aromatic N) is 1. The van der Waals surface area contributed by atoms with E-state index in [2.05, 4.69) is 6.21 Å². The van der Waals surface area contributed by atoms with Gasteiger partial charge in [-0.25, -0.2) is 0 Å². The van der Waals surface area contributed by atoms with Crippen molar-refractivity contribution in [3.8, 4) is 0 Å². The zero-order valence-electron chi connectivity index (χ0n) is 5.65. The molecule has 0 aliphatic carbocycles. The minimum absolute atomic E-state index is 0.0593. The van der Waals surface area contributed by atoms with Crippen LogP contribution in [0.4, 0.5) is 5.69 Å². The highest BCUT2D eigenvalue weighted by Gasteiger charge is 1.97. The van der Waals surface area contributed by atoms with Crippen LogP contribution in [0.3, 0.4) is 0 Å². The smallest absolute Gasteiger partial charge is 0.245 e. The summed E-state index contributed by atoms with van der Waals surface area (Å²) in [7, 11) is 0. The lowest BCUT2D eigenvalue weighted by atomic mass is 10.2. The second-order valence-electron chi connectivity index (χ2n) is 1.95. The lowest BCUT2D eigenvalue weighted by Crippen LogP contribution is -2.29. The average Bonchev–Trinajstić information content (AvgIpc) is 2.05. The molecule has 1 aromatic carbocycles. The first-order valence-corrected chi connectivity index (χ1v) is 2.95. The summed E-state index contributed by atoms with van der Waals surface area (Å²) in [5.74, 6) is 0. The molecule has 0 spiro atoms. The second-order valence-corrected chi connectivity index (χ2v) is 1.95. The summed E-state index contributed by atoms with van der Waals surface area (Å²) in [6.45, 7) is 0. The molecule has 0 amide bonds. The first-order chi connectivity index (χ1) is 5.24. The molecule has 0 unspecified atom stereocenters. The van der Waals surface area contributed by atoms with Crippen molar-refractivity contribution >= 4 is 11.9 Å². The van der Waals surface area contributed by atoms with Crippen LogP contribution in [-0.4, -0.2) is 11.1 Å². The molecule has 4 nitrogen and oxygen atoms in total. The summed E-state index contributed by atoms with van der Waals surface area (Å²) in [6.07, 6.45) is 2.37. The lowest BCUT2D eigenvalue weighted by Gasteiger charge is -1.95. The van der Waals surface area contributed by atoms with Crippen LogP contribution in [-0.2, 0) is 0 Å². The molecule has 0 aromatic heterocycles. The Hall–Kier alpha value is -1.71. The van der Waals surface area contributed by atoms with Gasteiger partial charge in [0.15, 0.2) is 0 Å². The Labute approximate surface area is 63.1 Å². The van der Waals surface area contributed by atoms with E-state index in [9.17, 15) is 10.1 Å². The molecule has 0 bridgehead atoms. The van der Waals surface area contributed by atoms with Gasteiger partial charge in [-0.1, -0.05) is 0 Å². The molecule has 0 atom stereocenters. The summed E-state index contributed by atoms with van der Waals surface area (Å²) >= 11 is 0. The molecule has 0 saturated carbocycles. The number of benzene rings is 1. The van der Waals surface area contributed by atoms with Gasteiger partial charge in [0.1, 0.15) is 6.21 Å². The molecule has 56 valence electrons. The monoisotopic (exact) mass is 150 g/mol. The largest absolute Gasteiger partial charge is 0.313 e. The molecule has 0 heterocycles. The number of hydrogen-bond acceptors (Lipinski definition) is 2. The molecular weight excluding hydrogens is 144 g/mol. The molecule has 0 aliphatic rings. The summed E-state index contributed by atoms with van der Waals surface area (Å²) in [5, 5.41) is 15.2. The van der Waals surface area contributed by atoms with Gasteiger partial charge in [0, 0.05) is 0 Å². The maximum Gasteiger partial charge on any atom is 0.245 e. The first-order valence-electron chi connectivity index (χ1n) is 2.95. The maximum atomic E-state index is 10.2. The van der Waals surface area contributed by atoms with Crippen LogP contribution < -0.4 is 5.41 Å². The van der Waals surface area contributed by atoms with E-state index in [-0.39, 0.29) is 5.69 Å². The topological polar surface area (TPSA) is 68.7 Å². The lowest BCUT2D eigenvalue weighted by molar-refractivity contribution is -0.384. The van der Waals surface area contributed by atoms with E-state index in [0.717, 1.165) is 0 Å². The predicted octanol–water partition coefficient (Wildman–Crippen LogP) is -0.350. The second kappa shape index (κ2) is 2.92. The highest BCUT2D eigenvalue weighted by atomic mass is 16.6. The van der Waals surface area contributed by atoms with E-state index in [4.69, 9.17) is 5.41 Å². The van der Waals surface area contributed by atoms with Gasteiger partial charge in [-0.15, -0.1) is 5.56 Å². The number of nitro benzene ring substituents is 1. The summed E-state index contributed by atoms with van der Waals surface area (Å²) in [5.41, 5.74) is 0.708. The highest BCUT2D eigenvalue weighted by Crippen LogP contribution is 2.09. The van der Waals surface area contributed by atoms with Crippen LogP contribution in [0.15, 0.2) is 24.3 Å². The third-order valence-electron chi connectivity index (χ3n) is 1.24. The van der Waals surface area contributed by atoms with Gasteiger partial charge in [-0.2, -0.15) is 12.1 Å². The SMILES string of the molecule is [NH2+]=[C-]c1ccc([N+](=O)[O-])cc1. The molecular formula is C7H6N2O2. The minimum atomic E-state index is -0.458. The number of hydrogen-bond donors (Lipinski definition) is 1. The van der Waals surface area contributed by atoms with Gasteiger partial charge >= 0.3 is 0 Å². The quantitative estimate of drug-likeness (QED) is 0.271. The Balaban J connectivity index is 3.00. The Bertz CT molecular complexity index is 279. The van der Waals surface area contributed by atoms with Crippen LogP contribution >= 0.6 is 0 Å². The summed E-state index contributed by atoms with van der Waals surface area (Å²) < 4.78 is 0. The van der Waals surface area contributed by atoms with Crippen molar-refractivity contribution in [1.82, 2.24) is 0 Å². The standard InChI is InChI=1S/C7H6N2O2/c8-5-6-1-3-7(4-2-6)9(10)11/h1-4H,8H2. The number of nitro groups is 1. The minimum Gasteiger partial charge on any atom is -0.313 e. The van der Waals surface area contributed by atoms with Crippen molar-refractivity contribution in [1.29, 1.82) is 0 Å². The molecule has 0 radical (unpaired) electrons. The van der Waals surface area contributed by atoms with E-state index in [1.807, 2.05) is 0 Å². The number of non-ortho nitro benzene ring substituents is 1. The van der Waals surface area contributed by atoms with Gasteiger partial charge in [0.25, 0.3) is 0 Å². The van der Waals surface area contributed by atoms with Gasteiger partial charge < -0.3 is 5.41 Å². The van der Waals surface area contributed by atoms with E-state index in [0.29, 0.717) is 5.56 Å². The van der Waals surface area contributed by atoms with Crippen molar-refractivity contribution in [3.63, 3.8) is 0 Å². The van der Waals surface area contributed by atoms with Crippen molar-refractivity contribution in [2.75, 3.05) is 0 Å². The molecule has 0 fully saturated rings. The molecule has 2 N–H and O–H groups in total. The number of rotatable bonds is 2. The Morgan fingerprint density at radius 2 is 1.91 bits per heavy atom.